The van der Waals surface area contributed by atoms with Gasteiger partial charge >= 0.3 is 0 Å². The third-order valence-electron chi connectivity index (χ3n) is 8.60. The van der Waals surface area contributed by atoms with Gasteiger partial charge in [-0.3, -0.25) is 9.59 Å². The Bertz CT molecular complexity index is 568. The van der Waals surface area contributed by atoms with E-state index in [0.717, 1.165) is 38.5 Å². The fourth-order valence-corrected chi connectivity index (χ4v) is 5.86. The molecule has 0 heterocycles. The van der Waals surface area contributed by atoms with E-state index in [4.69, 9.17) is 0 Å². The lowest BCUT2D eigenvalue weighted by Crippen LogP contribution is -2.48. The minimum atomic E-state index is -0.811. The molecule has 0 spiro atoms. The van der Waals surface area contributed by atoms with E-state index in [2.05, 4.69) is 13.8 Å². The Balaban J connectivity index is 3.96. The summed E-state index contributed by atoms with van der Waals surface area (Å²) in [6, 6.07) is -0.811. The minimum absolute atomic E-state index is 0.0669. The van der Waals surface area contributed by atoms with E-state index in [-0.39, 0.29) is 31.4 Å². The molecular formula is C36H71NO4. The number of aliphatic hydroxyl groups is 2. The summed E-state index contributed by atoms with van der Waals surface area (Å²) in [5.74, 6) is -0.178. The summed E-state index contributed by atoms with van der Waals surface area (Å²) in [5, 5.41) is 19.4. The van der Waals surface area contributed by atoms with Crippen LogP contribution in [-0.4, -0.2) is 52.6 Å². The fourth-order valence-electron chi connectivity index (χ4n) is 5.86. The van der Waals surface area contributed by atoms with Crippen molar-refractivity contribution in [2.24, 2.45) is 0 Å². The fraction of sp³-hybridized carbons (Fsp3) is 0.944. The summed E-state index contributed by atoms with van der Waals surface area (Å²) in [6.45, 7) is 4.09. The molecule has 0 rings (SSSR count). The van der Waals surface area contributed by atoms with Crippen LogP contribution in [0.1, 0.15) is 194 Å². The molecule has 41 heavy (non-hydrogen) atoms. The highest BCUT2D eigenvalue weighted by Crippen LogP contribution is 2.16. The average Bonchev–Trinajstić information content (AvgIpc) is 2.97. The van der Waals surface area contributed by atoms with Crippen molar-refractivity contribution in [3.63, 3.8) is 0 Å². The largest absolute Gasteiger partial charge is 0.395 e. The molecule has 0 aromatic rings. The molecule has 0 radical (unpaired) electrons. The van der Waals surface area contributed by atoms with Crippen molar-refractivity contribution < 1.29 is 19.8 Å². The maximum atomic E-state index is 12.9. The normalized spacial score (nSPS) is 12.1. The molecule has 0 aromatic carbocycles. The Morgan fingerprint density at radius 2 is 0.805 bits per heavy atom. The second-order valence-electron chi connectivity index (χ2n) is 12.5. The van der Waals surface area contributed by atoms with E-state index in [9.17, 15) is 19.8 Å². The summed E-state index contributed by atoms with van der Waals surface area (Å²) in [5.41, 5.74) is 0. The summed E-state index contributed by atoms with van der Waals surface area (Å²) < 4.78 is 0. The number of rotatable bonds is 33. The monoisotopic (exact) mass is 582 g/mol. The number of hydrogen-bond acceptors (Lipinski definition) is 4. The number of ketones is 1. The number of nitrogens with zero attached hydrogens (tertiary/aromatic N) is 1. The standard InChI is InChI=1S/C36H71NO4/c1-3-5-7-9-11-13-15-17-19-21-23-25-27-29-35(40)34(33-39)37(31-32-38)36(41)30-28-26-24-22-20-18-16-14-12-10-8-6-4-2/h34,38-39H,3-33H2,1-2H3. The summed E-state index contributed by atoms with van der Waals surface area (Å²) in [6.07, 6.45) is 33.5. The molecule has 244 valence electrons. The molecule has 5 nitrogen and oxygen atoms in total. The molecule has 0 saturated carbocycles. The van der Waals surface area contributed by atoms with E-state index in [0.29, 0.717) is 12.8 Å². The molecule has 0 aromatic heterocycles. The first-order chi connectivity index (χ1) is 20.1. The number of carbonyl (C=O) groups excluding carboxylic acids is 2. The SMILES string of the molecule is CCCCCCCCCCCCCCCC(=O)C(CO)N(CCO)C(=O)CCCCCCCCCCCCCCC. The number of hydrogen-bond donors (Lipinski definition) is 2. The molecule has 1 amide bonds. The number of carbonyl (C=O) groups is 2. The zero-order valence-electron chi connectivity index (χ0n) is 27.7. The summed E-state index contributed by atoms with van der Waals surface area (Å²) >= 11 is 0. The Hall–Kier alpha value is -0.940. The molecule has 1 atom stereocenters. The Morgan fingerprint density at radius 3 is 1.12 bits per heavy atom. The van der Waals surface area contributed by atoms with E-state index in [1.54, 1.807) is 0 Å². The lowest BCUT2D eigenvalue weighted by molar-refractivity contribution is -0.141. The van der Waals surface area contributed by atoms with Crippen molar-refractivity contribution in [1.82, 2.24) is 4.90 Å². The molecule has 0 saturated heterocycles. The first-order valence-electron chi connectivity index (χ1n) is 18.2. The number of amides is 1. The second kappa shape index (κ2) is 32.0. The van der Waals surface area contributed by atoms with Crippen LogP contribution >= 0.6 is 0 Å². The lowest BCUT2D eigenvalue weighted by Gasteiger charge is -2.29. The first-order valence-corrected chi connectivity index (χ1v) is 18.2. The molecule has 0 fully saturated rings. The third kappa shape index (κ3) is 25.3. The zero-order chi connectivity index (χ0) is 30.2. The van der Waals surface area contributed by atoms with Crippen LogP contribution in [0.3, 0.4) is 0 Å². The Labute approximate surface area is 255 Å². The van der Waals surface area contributed by atoms with Gasteiger partial charge in [-0.05, 0) is 12.8 Å². The number of Topliss-reactive ketones (excluding diaryl/α,β-unsaturated/α-hetero) is 1. The van der Waals surface area contributed by atoms with Crippen molar-refractivity contribution in [2.75, 3.05) is 19.8 Å². The van der Waals surface area contributed by atoms with Crippen molar-refractivity contribution in [2.45, 2.75) is 200 Å². The van der Waals surface area contributed by atoms with Crippen LogP contribution in [0, 0.1) is 0 Å². The summed E-state index contributed by atoms with van der Waals surface area (Å²) in [4.78, 5) is 27.2. The van der Waals surface area contributed by atoms with E-state index in [1.807, 2.05) is 0 Å². The van der Waals surface area contributed by atoms with Crippen molar-refractivity contribution in [3.8, 4) is 0 Å². The van der Waals surface area contributed by atoms with E-state index >= 15 is 0 Å². The van der Waals surface area contributed by atoms with Crippen LogP contribution < -0.4 is 0 Å². The predicted molar refractivity (Wildman–Crippen MR) is 175 cm³/mol. The van der Waals surface area contributed by atoms with Gasteiger partial charge in [-0.1, -0.05) is 168 Å². The maximum Gasteiger partial charge on any atom is 0.223 e. The Kier molecular flexibility index (Phi) is 31.3. The lowest BCUT2D eigenvalue weighted by atomic mass is 10.0. The highest BCUT2D eigenvalue weighted by molar-refractivity contribution is 5.89. The van der Waals surface area contributed by atoms with Crippen LogP contribution in [0.4, 0.5) is 0 Å². The number of aliphatic hydroxyl groups excluding tert-OH is 2. The van der Waals surface area contributed by atoms with E-state index < -0.39 is 6.04 Å². The van der Waals surface area contributed by atoms with Gasteiger partial charge < -0.3 is 15.1 Å². The van der Waals surface area contributed by atoms with Gasteiger partial charge in [0.05, 0.1) is 13.2 Å². The molecule has 0 aliphatic rings. The van der Waals surface area contributed by atoms with Crippen molar-refractivity contribution >= 4 is 11.7 Å². The third-order valence-corrected chi connectivity index (χ3v) is 8.60. The molecule has 2 N–H and O–H groups in total. The van der Waals surface area contributed by atoms with Gasteiger partial charge in [0.25, 0.3) is 0 Å². The number of unbranched alkanes of at least 4 members (excludes halogenated alkanes) is 24. The van der Waals surface area contributed by atoms with Gasteiger partial charge in [0.1, 0.15) is 6.04 Å². The second-order valence-corrected chi connectivity index (χ2v) is 12.5. The van der Waals surface area contributed by atoms with Crippen LogP contribution in [-0.2, 0) is 9.59 Å². The van der Waals surface area contributed by atoms with Gasteiger partial charge in [-0.2, -0.15) is 0 Å². The zero-order valence-corrected chi connectivity index (χ0v) is 27.7. The van der Waals surface area contributed by atoms with Crippen LogP contribution in [0.2, 0.25) is 0 Å². The molecule has 0 aliphatic carbocycles. The van der Waals surface area contributed by atoms with Crippen LogP contribution in [0.5, 0.6) is 0 Å². The molecule has 0 bridgehead atoms. The smallest absolute Gasteiger partial charge is 0.223 e. The predicted octanol–water partition coefficient (Wildman–Crippen LogP) is 9.70. The van der Waals surface area contributed by atoms with Crippen molar-refractivity contribution in [1.29, 1.82) is 0 Å². The molecule has 1 unspecified atom stereocenters. The van der Waals surface area contributed by atoms with Gasteiger partial charge in [-0.25, -0.2) is 0 Å². The molecular weight excluding hydrogens is 510 g/mol. The highest BCUT2D eigenvalue weighted by atomic mass is 16.3. The molecule has 0 aliphatic heterocycles. The quantitative estimate of drug-likeness (QED) is 0.0756. The van der Waals surface area contributed by atoms with Gasteiger partial charge in [0, 0.05) is 19.4 Å². The van der Waals surface area contributed by atoms with E-state index in [1.165, 1.54) is 133 Å². The van der Waals surface area contributed by atoms with Gasteiger partial charge in [0.2, 0.25) is 5.91 Å². The Morgan fingerprint density at radius 1 is 0.488 bits per heavy atom. The van der Waals surface area contributed by atoms with Crippen LogP contribution in [0.25, 0.3) is 0 Å². The maximum absolute atomic E-state index is 12.9. The molecule has 5 heteroatoms. The summed E-state index contributed by atoms with van der Waals surface area (Å²) in [7, 11) is 0. The topological polar surface area (TPSA) is 77.8 Å². The minimum Gasteiger partial charge on any atom is -0.395 e. The highest BCUT2D eigenvalue weighted by Gasteiger charge is 2.28. The van der Waals surface area contributed by atoms with Gasteiger partial charge in [-0.15, -0.1) is 0 Å². The van der Waals surface area contributed by atoms with Crippen LogP contribution in [0.15, 0.2) is 0 Å². The first kappa shape index (κ1) is 40.1. The van der Waals surface area contributed by atoms with Gasteiger partial charge in [0.15, 0.2) is 5.78 Å². The average molecular weight is 582 g/mol. The van der Waals surface area contributed by atoms with Crippen molar-refractivity contribution in [3.05, 3.63) is 0 Å².